The first-order chi connectivity index (χ1) is 24.5. The number of benzene rings is 2. The SMILES string of the molecule is CCCc1c(OCCCC/C=C\C=C\[C@@H](c2c(OC(=O)O)oc3c(c2=O)=CCC(=S)C=3)[C@@H](O)c2cccc(C(=O)OC)c2)ccc(C(C)=O)c1O. The zero-order valence-corrected chi connectivity index (χ0v) is 29.4. The lowest BCUT2D eigenvalue weighted by molar-refractivity contribution is 0.0599. The van der Waals surface area contributed by atoms with Gasteiger partial charge >= 0.3 is 18.1 Å². The van der Waals surface area contributed by atoms with Gasteiger partial charge in [-0.2, -0.15) is 0 Å². The molecule has 2 atom stereocenters. The van der Waals surface area contributed by atoms with E-state index in [9.17, 15) is 34.5 Å². The fourth-order valence-electron chi connectivity index (χ4n) is 5.68. The Morgan fingerprint density at radius 1 is 1.12 bits per heavy atom. The molecule has 51 heavy (non-hydrogen) atoms. The minimum atomic E-state index is -1.72. The van der Waals surface area contributed by atoms with Crippen molar-refractivity contribution in [3.05, 3.63) is 109 Å². The molecule has 0 unspecified atom stereocenters. The number of thiocarbonyl (C=S) groups is 1. The van der Waals surface area contributed by atoms with Gasteiger partial charge in [-0.3, -0.25) is 9.59 Å². The maximum atomic E-state index is 13.9. The summed E-state index contributed by atoms with van der Waals surface area (Å²) in [4.78, 5) is 50.1. The van der Waals surface area contributed by atoms with Crippen molar-refractivity contribution >= 4 is 47.1 Å². The summed E-state index contributed by atoms with van der Waals surface area (Å²) in [5.41, 5.74) is 0.551. The number of methoxy groups -OCH3 is 1. The predicted octanol–water partition coefficient (Wildman–Crippen LogP) is 5.86. The number of fused-ring (bicyclic) bond motifs is 1. The van der Waals surface area contributed by atoms with Crippen LogP contribution >= 0.6 is 12.2 Å². The van der Waals surface area contributed by atoms with Crippen LogP contribution in [0.1, 0.15) is 95.4 Å². The van der Waals surface area contributed by atoms with Gasteiger partial charge in [-0.15, -0.1) is 0 Å². The molecule has 3 aromatic rings. The second-order valence-electron chi connectivity index (χ2n) is 11.8. The summed E-state index contributed by atoms with van der Waals surface area (Å²) in [6.07, 6.45) is 10.4. The van der Waals surface area contributed by atoms with E-state index in [0.717, 1.165) is 12.8 Å². The van der Waals surface area contributed by atoms with Crippen molar-refractivity contribution in [2.75, 3.05) is 13.7 Å². The average Bonchev–Trinajstić information content (AvgIpc) is 3.10. The lowest BCUT2D eigenvalue weighted by atomic mass is 9.88. The van der Waals surface area contributed by atoms with Crippen LogP contribution in [0.15, 0.2) is 69.9 Å². The number of hydrogen-bond acceptors (Lipinski definition) is 11. The molecule has 268 valence electrons. The predicted molar refractivity (Wildman–Crippen MR) is 194 cm³/mol. The van der Waals surface area contributed by atoms with Crippen LogP contribution in [0.4, 0.5) is 4.79 Å². The first-order valence-electron chi connectivity index (χ1n) is 16.5. The van der Waals surface area contributed by atoms with Crippen molar-refractivity contribution in [3.8, 4) is 17.4 Å². The van der Waals surface area contributed by atoms with Gasteiger partial charge in [-0.1, -0.05) is 68.1 Å². The Labute approximate surface area is 299 Å². The minimum Gasteiger partial charge on any atom is -0.507 e. The topological polar surface area (TPSA) is 170 Å². The highest BCUT2D eigenvalue weighted by Crippen LogP contribution is 2.36. The van der Waals surface area contributed by atoms with Crippen LogP contribution in [0, 0.1) is 0 Å². The van der Waals surface area contributed by atoms with Gasteiger partial charge in [0.05, 0.1) is 41.7 Å². The number of phenolic OH excluding ortho intramolecular Hbond substituents is 1. The molecular weight excluding hydrogens is 676 g/mol. The van der Waals surface area contributed by atoms with Crippen molar-refractivity contribution in [1.82, 2.24) is 0 Å². The first-order valence-corrected chi connectivity index (χ1v) is 16.9. The van der Waals surface area contributed by atoms with Crippen molar-refractivity contribution in [3.63, 3.8) is 0 Å². The van der Waals surface area contributed by atoms with Gasteiger partial charge in [-0.25, -0.2) is 9.59 Å². The Morgan fingerprint density at radius 3 is 2.61 bits per heavy atom. The van der Waals surface area contributed by atoms with E-state index in [2.05, 4.69) is 0 Å². The highest BCUT2D eigenvalue weighted by molar-refractivity contribution is 7.81. The van der Waals surface area contributed by atoms with E-state index in [1.807, 2.05) is 13.0 Å². The highest BCUT2D eigenvalue weighted by Gasteiger charge is 2.31. The number of ether oxygens (including phenoxy) is 3. The zero-order chi connectivity index (χ0) is 37.1. The van der Waals surface area contributed by atoms with Gasteiger partial charge in [0.1, 0.15) is 16.9 Å². The van der Waals surface area contributed by atoms with Gasteiger partial charge in [0.2, 0.25) is 0 Å². The monoisotopic (exact) mass is 716 g/mol. The number of Topliss-reactive ketones (excluding diaryl/α,β-unsaturated/α-hetero) is 1. The van der Waals surface area contributed by atoms with Crippen LogP contribution in [0.5, 0.6) is 17.4 Å². The number of unbranched alkanes of at least 4 members (excludes halogenated alkanes) is 2. The Morgan fingerprint density at radius 2 is 1.90 bits per heavy atom. The van der Waals surface area contributed by atoms with Crippen LogP contribution in [0.2, 0.25) is 0 Å². The molecule has 0 amide bonds. The largest absolute Gasteiger partial charge is 0.513 e. The number of hydrogen-bond donors (Lipinski definition) is 3. The summed E-state index contributed by atoms with van der Waals surface area (Å²) in [5, 5.41) is 31.9. The van der Waals surface area contributed by atoms with Crippen molar-refractivity contribution in [2.45, 2.75) is 64.4 Å². The average molecular weight is 717 g/mol. The van der Waals surface area contributed by atoms with E-state index in [0.29, 0.717) is 48.5 Å². The van der Waals surface area contributed by atoms with Crippen LogP contribution < -0.4 is 25.5 Å². The number of allylic oxidation sites excluding steroid dienone is 3. The van der Waals surface area contributed by atoms with Crippen molar-refractivity contribution in [2.24, 2.45) is 0 Å². The van der Waals surface area contributed by atoms with Crippen molar-refractivity contribution in [1.29, 1.82) is 0 Å². The molecule has 11 nitrogen and oxygen atoms in total. The molecule has 0 bridgehead atoms. The number of ketones is 1. The molecule has 1 heterocycles. The standard InChI is InChI=1S/C39H40O11S/c1-4-12-28-31(19-18-27(23(2)40)35(28)42)48-20-10-8-6-5-7-9-15-30(34(41)24-13-11-14-25(21-24)37(44)47-3)33-36(43)29-17-16-26(51)22-32(29)49-38(33)50-39(45)46/h5,7,9,11,13-15,17-19,21-22,30,34,41-42H,4,6,8,10,12,16,20H2,1-3H3,(H,45,46)/b7-5-,15-9+/t30-,34-/m0/s1. The van der Waals surface area contributed by atoms with Crippen LogP contribution in [-0.2, 0) is 11.2 Å². The molecule has 0 saturated heterocycles. The molecule has 1 aliphatic carbocycles. The summed E-state index contributed by atoms with van der Waals surface area (Å²) in [5.74, 6) is -2.10. The van der Waals surface area contributed by atoms with Gasteiger partial charge < -0.3 is 33.9 Å². The van der Waals surface area contributed by atoms with Crippen molar-refractivity contribution < 1.29 is 48.3 Å². The molecule has 0 saturated carbocycles. The number of aliphatic hydroxyl groups excluding tert-OH is 1. The van der Waals surface area contributed by atoms with Gasteiger partial charge in [-0.05, 0) is 68.5 Å². The zero-order valence-electron chi connectivity index (χ0n) is 28.5. The number of aromatic hydroxyl groups is 1. The van der Waals surface area contributed by atoms with Crippen LogP contribution in [0.3, 0.4) is 0 Å². The fraction of sp³-hybridized carbons (Fsp3) is 0.308. The minimum absolute atomic E-state index is 0.0356. The molecule has 3 N–H and O–H groups in total. The third kappa shape index (κ3) is 9.68. The number of carbonyl (C=O) groups is 3. The fourth-order valence-corrected chi connectivity index (χ4v) is 5.87. The van der Waals surface area contributed by atoms with E-state index >= 15 is 0 Å². The molecule has 0 fully saturated rings. The third-order valence-electron chi connectivity index (χ3n) is 8.19. The second-order valence-corrected chi connectivity index (χ2v) is 12.3. The molecule has 4 rings (SSSR count). The number of aliphatic hydroxyl groups is 1. The Hall–Kier alpha value is -5.33. The molecular formula is C39H40O11S. The molecule has 1 aliphatic rings. The molecule has 0 aliphatic heterocycles. The quantitative estimate of drug-likeness (QED) is 0.0532. The maximum Gasteiger partial charge on any atom is 0.513 e. The Balaban J connectivity index is 1.55. The van der Waals surface area contributed by atoms with Gasteiger partial charge in [0.15, 0.2) is 11.2 Å². The van der Waals surface area contributed by atoms with Crippen LogP contribution in [-0.4, -0.2) is 51.8 Å². The summed E-state index contributed by atoms with van der Waals surface area (Å²) in [7, 11) is 1.23. The number of carbonyl (C=O) groups excluding carboxylic acids is 2. The summed E-state index contributed by atoms with van der Waals surface area (Å²) >= 11 is 5.23. The number of esters is 1. The lowest BCUT2D eigenvalue weighted by Gasteiger charge is -2.22. The smallest absolute Gasteiger partial charge is 0.507 e. The molecule has 1 aromatic heterocycles. The maximum absolute atomic E-state index is 13.9. The van der Waals surface area contributed by atoms with Crippen LogP contribution in [0.25, 0.3) is 12.2 Å². The molecule has 0 radical (unpaired) electrons. The summed E-state index contributed by atoms with van der Waals surface area (Å²) in [6, 6.07) is 9.34. The normalized spacial score (nSPS) is 13.6. The number of rotatable bonds is 16. The summed E-state index contributed by atoms with van der Waals surface area (Å²) in [6.45, 7) is 3.79. The lowest BCUT2D eigenvalue weighted by Crippen LogP contribution is -2.44. The number of phenols is 1. The van der Waals surface area contributed by atoms with E-state index in [4.69, 9.17) is 30.8 Å². The van der Waals surface area contributed by atoms with E-state index in [1.54, 1.807) is 42.5 Å². The second kappa shape index (κ2) is 18.1. The van der Waals surface area contributed by atoms with Gasteiger partial charge in [0.25, 0.3) is 0 Å². The first kappa shape index (κ1) is 38.5. The van der Waals surface area contributed by atoms with Gasteiger partial charge in [0, 0.05) is 22.8 Å². The number of carboxylic acid groups (broad SMARTS) is 1. The van der Waals surface area contributed by atoms with E-state index in [-0.39, 0.29) is 44.4 Å². The molecule has 12 heteroatoms. The molecule has 2 aromatic carbocycles. The Kier molecular flexibility index (Phi) is 13.6. The van der Waals surface area contributed by atoms with E-state index in [1.165, 1.54) is 38.3 Å². The highest BCUT2D eigenvalue weighted by atomic mass is 32.1. The summed E-state index contributed by atoms with van der Waals surface area (Å²) < 4.78 is 21.4. The Bertz CT molecular complexity index is 2040. The van der Waals surface area contributed by atoms with E-state index < -0.39 is 35.5 Å². The third-order valence-corrected chi connectivity index (χ3v) is 8.47. The molecule has 0 spiro atoms.